The van der Waals surface area contributed by atoms with E-state index in [-0.39, 0.29) is 35.6 Å². The summed E-state index contributed by atoms with van der Waals surface area (Å²) in [6, 6.07) is 12.8. The number of hydrogen-bond donors (Lipinski definition) is 0. The number of urea groups is 1. The molecule has 2 atom stereocenters. The van der Waals surface area contributed by atoms with Crippen molar-refractivity contribution < 1.29 is 14.0 Å². The van der Waals surface area contributed by atoms with Gasteiger partial charge >= 0.3 is 6.03 Å². The Bertz CT molecular complexity index is 914. The Morgan fingerprint density at radius 2 is 1.92 bits per heavy atom. The van der Waals surface area contributed by atoms with Crippen molar-refractivity contribution in [3.8, 4) is 0 Å². The van der Waals surface area contributed by atoms with Crippen LogP contribution in [0.2, 0.25) is 0 Å². The number of fused-ring (bicyclic) bond motifs is 1. The first-order chi connectivity index (χ1) is 12.6. The second-order valence-corrected chi connectivity index (χ2v) is 7.43. The lowest BCUT2D eigenvalue weighted by molar-refractivity contribution is -0.119. The van der Waals surface area contributed by atoms with Crippen LogP contribution in [0.3, 0.4) is 0 Å². The molecule has 4 nitrogen and oxygen atoms in total. The van der Waals surface area contributed by atoms with Crippen LogP contribution in [0, 0.1) is 12.7 Å². The van der Waals surface area contributed by atoms with Gasteiger partial charge in [-0.1, -0.05) is 36.4 Å². The largest absolute Gasteiger partial charge is 0.332 e. The molecule has 6 heteroatoms. The highest BCUT2D eigenvalue weighted by Crippen LogP contribution is 2.37. The van der Waals surface area contributed by atoms with Gasteiger partial charge in [-0.2, -0.15) is 0 Å². The number of hydrogen-bond acceptors (Lipinski definition) is 3. The Morgan fingerprint density at radius 3 is 2.69 bits per heavy atom. The van der Waals surface area contributed by atoms with Crippen molar-refractivity contribution in [2.24, 2.45) is 0 Å². The van der Waals surface area contributed by atoms with Crippen molar-refractivity contribution in [2.45, 2.75) is 24.8 Å². The molecule has 0 spiro atoms. The van der Waals surface area contributed by atoms with Crippen LogP contribution in [0.1, 0.15) is 11.1 Å². The SMILES string of the molecule is Cc1ccccc1N1C(=O)C2SC=CC2N(Cc2cccc(F)c2)C1=O. The topological polar surface area (TPSA) is 40.6 Å². The van der Waals surface area contributed by atoms with E-state index in [1.807, 2.05) is 36.6 Å². The molecular weight excluding hydrogens is 351 g/mol. The highest BCUT2D eigenvalue weighted by molar-refractivity contribution is 8.03. The van der Waals surface area contributed by atoms with Crippen LogP contribution in [-0.4, -0.2) is 28.1 Å². The number of amides is 3. The summed E-state index contributed by atoms with van der Waals surface area (Å²) in [5, 5.41) is 1.49. The van der Waals surface area contributed by atoms with Gasteiger partial charge in [-0.3, -0.25) is 4.79 Å². The molecule has 4 rings (SSSR count). The summed E-state index contributed by atoms with van der Waals surface area (Å²) in [6.45, 7) is 2.12. The zero-order valence-corrected chi connectivity index (χ0v) is 14.9. The summed E-state index contributed by atoms with van der Waals surface area (Å²) in [5.41, 5.74) is 2.15. The number of thioether (sulfide) groups is 1. The number of aryl methyl sites for hydroxylation is 1. The van der Waals surface area contributed by atoms with Crippen LogP contribution >= 0.6 is 11.8 Å². The van der Waals surface area contributed by atoms with E-state index >= 15 is 0 Å². The fraction of sp³-hybridized carbons (Fsp3) is 0.200. The molecule has 2 aromatic carbocycles. The molecule has 0 radical (unpaired) electrons. The lowest BCUT2D eigenvalue weighted by Crippen LogP contribution is -2.61. The maximum atomic E-state index is 13.6. The molecule has 132 valence electrons. The maximum Gasteiger partial charge on any atom is 0.332 e. The van der Waals surface area contributed by atoms with Gasteiger partial charge in [0.05, 0.1) is 11.7 Å². The normalized spacial score (nSPS) is 22.1. The van der Waals surface area contributed by atoms with Crippen LogP contribution in [0.5, 0.6) is 0 Å². The standard InChI is InChI=1S/C20H17FN2O2S/c1-13-5-2-3-8-16(13)23-19(24)18-17(9-10-26-18)22(20(23)25)12-14-6-4-7-15(21)11-14/h2-11,17-18H,12H2,1H3. The number of halogens is 1. The number of anilines is 1. The number of carbonyl (C=O) groups excluding carboxylic acids is 2. The number of imide groups is 1. The molecule has 1 fully saturated rings. The van der Waals surface area contributed by atoms with Crippen LogP contribution in [0.25, 0.3) is 0 Å². The number of nitrogens with zero attached hydrogens (tertiary/aromatic N) is 2. The molecule has 0 bridgehead atoms. The van der Waals surface area contributed by atoms with Crippen LogP contribution in [0.15, 0.2) is 60.0 Å². The molecule has 2 unspecified atom stereocenters. The molecule has 0 aromatic heterocycles. The average Bonchev–Trinajstić information content (AvgIpc) is 3.10. The van der Waals surface area contributed by atoms with E-state index in [0.29, 0.717) is 11.3 Å². The minimum Gasteiger partial charge on any atom is -0.312 e. The second-order valence-electron chi connectivity index (χ2n) is 6.38. The van der Waals surface area contributed by atoms with Gasteiger partial charge in [0.15, 0.2) is 0 Å². The molecule has 26 heavy (non-hydrogen) atoms. The lowest BCUT2D eigenvalue weighted by Gasteiger charge is -2.41. The van der Waals surface area contributed by atoms with E-state index in [2.05, 4.69) is 0 Å². The monoisotopic (exact) mass is 368 g/mol. The summed E-state index contributed by atoms with van der Waals surface area (Å²) in [7, 11) is 0. The summed E-state index contributed by atoms with van der Waals surface area (Å²) in [6.07, 6.45) is 1.87. The number of carbonyl (C=O) groups is 2. The quantitative estimate of drug-likeness (QED) is 0.819. The third kappa shape index (κ3) is 2.80. The van der Waals surface area contributed by atoms with Crippen molar-refractivity contribution in [1.29, 1.82) is 0 Å². The molecular formula is C20H17FN2O2S. The highest BCUT2D eigenvalue weighted by atomic mass is 32.2. The lowest BCUT2D eigenvalue weighted by atomic mass is 10.0. The second kappa shape index (κ2) is 6.61. The van der Waals surface area contributed by atoms with E-state index in [9.17, 15) is 14.0 Å². The molecule has 3 amide bonds. The van der Waals surface area contributed by atoms with Crippen molar-refractivity contribution in [3.63, 3.8) is 0 Å². The van der Waals surface area contributed by atoms with Crippen LogP contribution in [0.4, 0.5) is 14.9 Å². The summed E-state index contributed by atoms with van der Waals surface area (Å²) < 4.78 is 13.6. The van der Waals surface area contributed by atoms with E-state index in [1.165, 1.54) is 28.8 Å². The Labute approximate surface area is 155 Å². The van der Waals surface area contributed by atoms with Gasteiger partial charge in [-0.25, -0.2) is 14.1 Å². The predicted molar refractivity (Wildman–Crippen MR) is 100 cm³/mol. The summed E-state index contributed by atoms with van der Waals surface area (Å²) >= 11 is 1.42. The average molecular weight is 368 g/mol. The maximum absolute atomic E-state index is 13.6. The van der Waals surface area contributed by atoms with Gasteiger partial charge in [0.25, 0.3) is 5.91 Å². The van der Waals surface area contributed by atoms with Gasteiger partial charge in [0.1, 0.15) is 11.1 Å². The van der Waals surface area contributed by atoms with Gasteiger partial charge < -0.3 is 4.90 Å². The highest BCUT2D eigenvalue weighted by Gasteiger charge is 2.48. The molecule has 2 heterocycles. The molecule has 0 aliphatic carbocycles. The Morgan fingerprint density at radius 1 is 1.12 bits per heavy atom. The molecule has 2 aromatic rings. The molecule has 2 aliphatic rings. The minimum absolute atomic E-state index is 0.209. The van der Waals surface area contributed by atoms with Crippen molar-refractivity contribution in [1.82, 2.24) is 4.90 Å². The minimum atomic E-state index is -0.374. The van der Waals surface area contributed by atoms with E-state index < -0.39 is 0 Å². The zero-order chi connectivity index (χ0) is 18.3. The Balaban J connectivity index is 1.73. The molecule has 2 aliphatic heterocycles. The van der Waals surface area contributed by atoms with Crippen molar-refractivity contribution >= 4 is 29.4 Å². The summed E-state index contributed by atoms with van der Waals surface area (Å²) in [4.78, 5) is 29.1. The van der Waals surface area contributed by atoms with Crippen LogP contribution in [-0.2, 0) is 11.3 Å². The predicted octanol–water partition coefficient (Wildman–Crippen LogP) is 4.10. The Kier molecular flexibility index (Phi) is 4.28. The number of rotatable bonds is 3. The van der Waals surface area contributed by atoms with E-state index in [0.717, 1.165) is 5.56 Å². The number of para-hydroxylation sites is 1. The van der Waals surface area contributed by atoms with Crippen LogP contribution < -0.4 is 4.90 Å². The van der Waals surface area contributed by atoms with Gasteiger partial charge in [-0.15, -0.1) is 11.8 Å². The van der Waals surface area contributed by atoms with Gasteiger partial charge in [0.2, 0.25) is 0 Å². The third-order valence-corrected chi connectivity index (χ3v) is 5.76. The van der Waals surface area contributed by atoms with Crippen molar-refractivity contribution in [2.75, 3.05) is 4.90 Å². The third-order valence-electron chi connectivity index (χ3n) is 4.67. The zero-order valence-electron chi connectivity index (χ0n) is 14.1. The van der Waals surface area contributed by atoms with Crippen molar-refractivity contribution in [3.05, 3.63) is 77.0 Å². The molecule has 0 saturated carbocycles. The fourth-order valence-corrected chi connectivity index (χ4v) is 4.42. The smallest absolute Gasteiger partial charge is 0.312 e. The number of benzene rings is 2. The fourth-order valence-electron chi connectivity index (χ4n) is 3.38. The summed E-state index contributed by atoms with van der Waals surface area (Å²) in [5.74, 6) is -0.550. The van der Waals surface area contributed by atoms with E-state index in [4.69, 9.17) is 0 Å². The molecule has 0 N–H and O–H groups in total. The van der Waals surface area contributed by atoms with Gasteiger partial charge in [-0.05, 0) is 41.7 Å². The molecule has 1 saturated heterocycles. The van der Waals surface area contributed by atoms with E-state index in [1.54, 1.807) is 23.1 Å². The Hall–Kier alpha value is -2.60. The first-order valence-electron chi connectivity index (χ1n) is 8.33. The van der Waals surface area contributed by atoms with Gasteiger partial charge in [0, 0.05) is 6.54 Å². The first-order valence-corrected chi connectivity index (χ1v) is 9.27. The first kappa shape index (κ1) is 16.8.